The molecule has 0 unspecified atom stereocenters. The highest BCUT2D eigenvalue weighted by atomic mass is 19.4. The Morgan fingerprint density at radius 3 is 2.57 bits per heavy atom. The average Bonchev–Trinajstić information content (AvgIpc) is 2.07. The predicted molar refractivity (Wildman–Crippen MR) is 44.5 cm³/mol. The number of aromatic nitrogens is 2. The van der Waals surface area contributed by atoms with Crippen molar-refractivity contribution in [3.8, 4) is 0 Å². The maximum Gasteiger partial charge on any atom is 0.433 e. The van der Waals surface area contributed by atoms with E-state index in [1.165, 1.54) is 13.1 Å². The highest BCUT2D eigenvalue weighted by Crippen LogP contribution is 2.29. The molecule has 0 saturated heterocycles. The van der Waals surface area contributed by atoms with Crippen molar-refractivity contribution in [1.29, 1.82) is 0 Å². The first kappa shape index (κ1) is 10.9. The maximum absolute atomic E-state index is 12.4. The second kappa shape index (κ2) is 3.91. The molecule has 6 heteroatoms. The fraction of sp³-hybridized carbons (Fsp3) is 0.500. The second-order valence-electron chi connectivity index (χ2n) is 2.82. The molecule has 1 N–H and O–H groups in total. The first-order valence-corrected chi connectivity index (χ1v) is 3.99. The van der Waals surface area contributed by atoms with Gasteiger partial charge in [-0.05, 0) is 14.0 Å². The molecule has 0 atom stereocenters. The van der Waals surface area contributed by atoms with Crippen LogP contribution in [0.25, 0.3) is 0 Å². The van der Waals surface area contributed by atoms with Crippen LogP contribution in [0.2, 0.25) is 0 Å². The van der Waals surface area contributed by atoms with Crippen LogP contribution in [-0.2, 0) is 12.7 Å². The van der Waals surface area contributed by atoms with Crippen molar-refractivity contribution >= 4 is 0 Å². The van der Waals surface area contributed by atoms with E-state index in [4.69, 9.17) is 0 Å². The Labute approximate surface area is 79.4 Å². The Morgan fingerprint density at radius 2 is 2.07 bits per heavy atom. The number of nitrogens with zero attached hydrogens (tertiary/aromatic N) is 2. The summed E-state index contributed by atoms with van der Waals surface area (Å²) in [5.74, 6) is 0.122. The zero-order valence-electron chi connectivity index (χ0n) is 7.81. The van der Waals surface area contributed by atoms with E-state index in [-0.39, 0.29) is 17.9 Å². The van der Waals surface area contributed by atoms with Crippen molar-refractivity contribution in [2.45, 2.75) is 19.6 Å². The Kier molecular flexibility index (Phi) is 3.05. The Balaban J connectivity index is 3.16. The Bertz CT molecular complexity index is 322. The van der Waals surface area contributed by atoms with Gasteiger partial charge >= 0.3 is 6.18 Å². The zero-order chi connectivity index (χ0) is 10.8. The summed E-state index contributed by atoms with van der Waals surface area (Å²) < 4.78 is 37.3. The summed E-state index contributed by atoms with van der Waals surface area (Å²) in [5, 5.41) is 2.64. The van der Waals surface area contributed by atoms with Gasteiger partial charge in [0.25, 0.3) is 0 Å². The number of rotatable bonds is 2. The molecule has 0 radical (unpaired) electrons. The number of aryl methyl sites for hydroxylation is 1. The topological polar surface area (TPSA) is 37.8 Å². The summed E-state index contributed by atoms with van der Waals surface area (Å²) >= 11 is 0. The van der Waals surface area contributed by atoms with Gasteiger partial charge in [-0.2, -0.15) is 13.2 Å². The molecule has 3 nitrogen and oxygen atoms in total. The van der Waals surface area contributed by atoms with Gasteiger partial charge in [0.15, 0.2) is 5.69 Å². The van der Waals surface area contributed by atoms with E-state index in [1.54, 1.807) is 7.05 Å². The van der Waals surface area contributed by atoms with E-state index in [0.717, 1.165) is 0 Å². The molecule has 1 aromatic rings. The van der Waals surface area contributed by atoms with Crippen molar-refractivity contribution in [3.05, 3.63) is 23.3 Å². The third kappa shape index (κ3) is 2.41. The van der Waals surface area contributed by atoms with Gasteiger partial charge in [0, 0.05) is 18.3 Å². The quantitative estimate of drug-likeness (QED) is 0.795. The van der Waals surface area contributed by atoms with Crippen molar-refractivity contribution < 1.29 is 13.2 Å². The van der Waals surface area contributed by atoms with E-state index >= 15 is 0 Å². The minimum Gasteiger partial charge on any atom is -0.316 e. The Hall–Kier alpha value is -1.17. The number of hydrogen-bond donors (Lipinski definition) is 1. The van der Waals surface area contributed by atoms with Crippen molar-refractivity contribution in [1.82, 2.24) is 15.3 Å². The highest BCUT2D eigenvalue weighted by Gasteiger charge is 2.35. The largest absolute Gasteiger partial charge is 0.433 e. The third-order valence-corrected chi connectivity index (χ3v) is 1.62. The van der Waals surface area contributed by atoms with E-state index in [1.807, 2.05) is 0 Å². The number of alkyl halides is 3. The van der Waals surface area contributed by atoms with Crippen LogP contribution in [0, 0.1) is 6.92 Å². The lowest BCUT2D eigenvalue weighted by Crippen LogP contribution is -2.17. The van der Waals surface area contributed by atoms with E-state index in [2.05, 4.69) is 15.3 Å². The molecular formula is C8H10F3N3. The molecule has 0 fully saturated rings. The number of hydrogen-bond acceptors (Lipinski definition) is 3. The van der Waals surface area contributed by atoms with Crippen LogP contribution < -0.4 is 5.32 Å². The fourth-order valence-electron chi connectivity index (χ4n) is 1.06. The fourth-order valence-corrected chi connectivity index (χ4v) is 1.06. The highest BCUT2D eigenvalue weighted by molar-refractivity contribution is 5.20. The molecule has 14 heavy (non-hydrogen) atoms. The smallest absolute Gasteiger partial charge is 0.316 e. The van der Waals surface area contributed by atoms with Crippen LogP contribution in [0.15, 0.2) is 6.20 Å². The van der Waals surface area contributed by atoms with Crippen LogP contribution in [0.5, 0.6) is 0 Å². The number of halogens is 3. The summed E-state index contributed by atoms with van der Waals surface area (Å²) in [6, 6.07) is 0. The summed E-state index contributed by atoms with van der Waals surface area (Å²) in [4.78, 5) is 7.11. The van der Waals surface area contributed by atoms with Gasteiger partial charge in [-0.1, -0.05) is 0 Å². The summed E-state index contributed by atoms with van der Waals surface area (Å²) in [6.45, 7) is 1.54. The molecule has 78 valence electrons. The maximum atomic E-state index is 12.4. The monoisotopic (exact) mass is 205 g/mol. The van der Waals surface area contributed by atoms with Crippen LogP contribution >= 0.6 is 0 Å². The lowest BCUT2D eigenvalue weighted by molar-refractivity contribution is -0.142. The number of nitrogens with one attached hydrogen (secondary N) is 1. The first-order chi connectivity index (χ1) is 6.45. The van der Waals surface area contributed by atoms with Gasteiger partial charge in [-0.3, -0.25) is 0 Å². The van der Waals surface area contributed by atoms with Gasteiger partial charge in [0.05, 0.1) is 0 Å². The molecule has 0 aliphatic heterocycles. The van der Waals surface area contributed by atoms with Crippen LogP contribution in [0.4, 0.5) is 13.2 Å². The van der Waals surface area contributed by atoms with Gasteiger partial charge < -0.3 is 5.32 Å². The molecule has 1 aromatic heterocycles. The van der Waals surface area contributed by atoms with Crippen molar-refractivity contribution in [3.63, 3.8) is 0 Å². The van der Waals surface area contributed by atoms with E-state index in [0.29, 0.717) is 0 Å². The average molecular weight is 205 g/mol. The zero-order valence-corrected chi connectivity index (χ0v) is 7.81. The predicted octanol–water partition coefficient (Wildman–Crippen LogP) is 1.52. The lowest BCUT2D eigenvalue weighted by atomic mass is 10.2. The minimum atomic E-state index is -4.42. The van der Waals surface area contributed by atoms with E-state index < -0.39 is 11.9 Å². The van der Waals surface area contributed by atoms with Crippen LogP contribution in [-0.4, -0.2) is 17.0 Å². The molecule has 0 aliphatic carbocycles. The normalized spacial score (nSPS) is 11.8. The SMILES string of the molecule is CNCc1cnc(C)nc1C(F)(F)F. The Morgan fingerprint density at radius 1 is 1.43 bits per heavy atom. The third-order valence-electron chi connectivity index (χ3n) is 1.62. The minimum absolute atomic E-state index is 0.0607. The summed E-state index contributed by atoms with van der Waals surface area (Å²) in [6.07, 6.45) is -3.22. The molecule has 0 bridgehead atoms. The summed E-state index contributed by atoms with van der Waals surface area (Å²) in [7, 11) is 1.57. The molecule has 1 heterocycles. The van der Waals surface area contributed by atoms with Gasteiger partial charge in [0.2, 0.25) is 0 Å². The molecule has 0 saturated carbocycles. The molecule has 0 aromatic carbocycles. The lowest BCUT2D eigenvalue weighted by Gasteiger charge is -2.11. The summed E-state index contributed by atoms with van der Waals surface area (Å²) in [5.41, 5.74) is -0.801. The molecule has 1 rings (SSSR count). The second-order valence-corrected chi connectivity index (χ2v) is 2.82. The molecule has 0 amide bonds. The van der Waals surface area contributed by atoms with Crippen molar-refractivity contribution in [2.75, 3.05) is 7.05 Å². The molecule has 0 spiro atoms. The molecule has 0 aliphatic rings. The van der Waals surface area contributed by atoms with Gasteiger partial charge in [-0.15, -0.1) is 0 Å². The van der Waals surface area contributed by atoms with Crippen molar-refractivity contribution in [2.24, 2.45) is 0 Å². The molecular weight excluding hydrogens is 195 g/mol. The first-order valence-electron chi connectivity index (χ1n) is 3.99. The van der Waals surface area contributed by atoms with E-state index in [9.17, 15) is 13.2 Å². The van der Waals surface area contributed by atoms with Gasteiger partial charge in [-0.25, -0.2) is 9.97 Å². The van der Waals surface area contributed by atoms with Crippen LogP contribution in [0.1, 0.15) is 17.1 Å². The van der Waals surface area contributed by atoms with Gasteiger partial charge in [0.1, 0.15) is 5.82 Å². The van der Waals surface area contributed by atoms with Crippen LogP contribution in [0.3, 0.4) is 0 Å². The standard InChI is InChI=1S/C8H10F3N3/c1-5-13-4-6(3-12-2)7(14-5)8(9,10)11/h4,12H,3H2,1-2H3.